The number of fused-ring (bicyclic) bond motifs is 1. The van der Waals surface area contributed by atoms with Crippen LogP contribution in [0.5, 0.6) is 0 Å². The molecule has 0 saturated carbocycles. The largest absolute Gasteiger partial charge is 0.320 e. The molecule has 0 spiro atoms. The minimum absolute atomic E-state index is 0.222. The number of aromatic nitrogens is 3. The molecule has 5 nitrogen and oxygen atoms in total. The normalized spacial score (nSPS) is 11.1. The summed E-state index contributed by atoms with van der Waals surface area (Å²) in [5.74, 6) is -0.222. The molecule has 1 N–H and O–H groups in total. The first-order valence-electron chi connectivity index (χ1n) is 8.86. The van der Waals surface area contributed by atoms with Gasteiger partial charge in [0.1, 0.15) is 0 Å². The number of nitrogens with one attached hydrogen (secondary N) is 1. The Bertz CT molecular complexity index is 1160. The van der Waals surface area contributed by atoms with Crippen LogP contribution in [0.25, 0.3) is 11.0 Å². The Labute approximate surface area is 172 Å². The number of benzene rings is 1. The van der Waals surface area contributed by atoms with Crippen molar-refractivity contribution in [3.8, 4) is 0 Å². The van der Waals surface area contributed by atoms with Gasteiger partial charge in [0.25, 0.3) is 5.91 Å². The molecule has 142 valence electrons. The second-order valence-corrected chi connectivity index (χ2v) is 8.26. The van der Waals surface area contributed by atoms with Crippen molar-refractivity contribution in [2.45, 2.75) is 27.3 Å². The third-order valence-corrected chi connectivity index (χ3v) is 5.70. The Hall–Kier alpha value is -2.70. The lowest BCUT2D eigenvalue weighted by Gasteiger charge is -2.12. The van der Waals surface area contributed by atoms with Gasteiger partial charge < -0.3 is 5.32 Å². The smallest absolute Gasteiger partial charge is 0.256 e. The number of carbonyl (C=O) groups excluding carboxylic acids is 1. The van der Waals surface area contributed by atoms with Gasteiger partial charge in [-0.15, -0.1) is 11.3 Å². The predicted octanol–water partition coefficient (Wildman–Crippen LogP) is 5.37. The first-order valence-corrected chi connectivity index (χ1v) is 10.1. The molecule has 3 heterocycles. The van der Waals surface area contributed by atoms with Crippen molar-refractivity contribution >= 4 is 45.6 Å². The van der Waals surface area contributed by atoms with Crippen molar-refractivity contribution in [3.63, 3.8) is 0 Å². The highest BCUT2D eigenvalue weighted by molar-refractivity contribution is 7.09. The fourth-order valence-electron chi connectivity index (χ4n) is 3.28. The number of anilines is 1. The lowest BCUT2D eigenvalue weighted by atomic mass is 10.1. The molecule has 7 heteroatoms. The summed E-state index contributed by atoms with van der Waals surface area (Å²) >= 11 is 8.03. The van der Waals surface area contributed by atoms with Crippen molar-refractivity contribution in [3.05, 3.63) is 74.2 Å². The molecule has 0 unspecified atom stereocenters. The molecule has 0 atom stereocenters. The van der Waals surface area contributed by atoms with Crippen LogP contribution >= 0.6 is 22.9 Å². The van der Waals surface area contributed by atoms with E-state index in [1.807, 2.05) is 49.0 Å². The molecular formula is C21H19ClN4OS. The van der Waals surface area contributed by atoms with Gasteiger partial charge in [-0.3, -0.25) is 4.79 Å². The number of hydrogen-bond donors (Lipinski definition) is 1. The zero-order valence-corrected chi connectivity index (χ0v) is 17.4. The number of amides is 1. The van der Waals surface area contributed by atoms with Crippen molar-refractivity contribution in [1.29, 1.82) is 0 Å². The SMILES string of the molecule is Cc1cc(C)c(NC(=O)c2cc(C)nc3c2cnn3Cc2cccs2)c(Cl)c1. The summed E-state index contributed by atoms with van der Waals surface area (Å²) in [5, 5.41) is 10.7. The number of hydrogen-bond acceptors (Lipinski definition) is 4. The topological polar surface area (TPSA) is 59.8 Å². The highest BCUT2D eigenvalue weighted by Gasteiger charge is 2.18. The van der Waals surface area contributed by atoms with Crippen molar-refractivity contribution in [1.82, 2.24) is 14.8 Å². The van der Waals surface area contributed by atoms with Gasteiger partial charge in [-0.25, -0.2) is 9.67 Å². The quantitative estimate of drug-likeness (QED) is 0.491. The summed E-state index contributed by atoms with van der Waals surface area (Å²) in [6.45, 7) is 6.41. The van der Waals surface area contributed by atoms with E-state index < -0.39 is 0 Å². The Morgan fingerprint density at radius 1 is 1.25 bits per heavy atom. The minimum atomic E-state index is -0.222. The third kappa shape index (κ3) is 3.53. The number of pyridine rings is 1. The van der Waals surface area contributed by atoms with E-state index in [1.165, 1.54) is 4.88 Å². The third-order valence-electron chi connectivity index (χ3n) is 4.54. The molecule has 28 heavy (non-hydrogen) atoms. The van der Waals surface area contributed by atoms with Gasteiger partial charge in [-0.2, -0.15) is 5.10 Å². The van der Waals surface area contributed by atoms with Crippen LogP contribution in [-0.2, 0) is 6.54 Å². The number of aryl methyl sites for hydroxylation is 3. The average molecular weight is 411 g/mol. The van der Waals surface area contributed by atoms with Crippen LogP contribution in [0.15, 0.2) is 41.9 Å². The Balaban J connectivity index is 1.72. The molecule has 0 aliphatic heterocycles. The van der Waals surface area contributed by atoms with Crippen LogP contribution < -0.4 is 5.32 Å². The molecule has 4 aromatic rings. The molecule has 1 aromatic carbocycles. The van der Waals surface area contributed by atoms with Crippen LogP contribution in [0.1, 0.15) is 32.1 Å². The standard InChI is InChI=1S/C21H19ClN4OS/c1-12-7-13(2)19(18(22)8-12)25-21(27)16-9-14(3)24-20-17(16)10-23-26(20)11-15-5-4-6-28-15/h4-10H,11H2,1-3H3,(H,25,27). The van der Waals surface area contributed by atoms with Crippen molar-refractivity contribution in [2.75, 3.05) is 5.32 Å². The predicted molar refractivity (Wildman–Crippen MR) is 115 cm³/mol. The number of carbonyl (C=O) groups is 1. The average Bonchev–Trinajstić information content (AvgIpc) is 3.28. The van der Waals surface area contributed by atoms with E-state index in [4.69, 9.17) is 11.6 Å². The van der Waals surface area contributed by atoms with E-state index in [-0.39, 0.29) is 5.91 Å². The van der Waals surface area contributed by atoms with Gasteiger partial charge >= 0.3 is 0 Å². The van der Waals surface area contributed by atoms with Gasteiger partial charge in [0.05, 0.1) is 34.4 Å². The summed E-state index contributed by atoms with van der Waals surface area (Å²) in [4.78, 5) is 18.9. The van der Waals surface area contributed by atoms with E-state index in [2.05, 4.69) is 21.5 Å². The van der Waals surface area contributed by atoms with Gasteiger partial charge in [0, 0.05) is 10.6 Å². The summed E-state index contributed by atoms with van der Waals surface area (Å²) in [7, 11) is 0. The molecule has 4 rings (SSSR count). The maximum atomic E-state index is 13.1. The van der Waals surface area contributed by atoms with Crippen LogP contribution in [0.2, 0.25) is 5.02 Å². The summed E-state index contributed by atoms with van der Waals surface area (Å²) in [6, 6.07) is 9.69. The number of halogens is 1. The molecular weight excluding hydrogens is 392 g/mol. The molecule has 0 bridgehead atoms. The first kappa shape index (κ1) is 18.7. The van der Waals surface area contributed by atoms with E-state index in [0.29, 0.717) is 28.5 Å². The lowest BCUT2D eigenvalue weighted by molar-refractivity contribution is 0.102. The second-order valence-electron chi connectivity index (χ2n) is 6.82. The lowest BCUT2D eigenvalue weighted by Crippen LogP contribution is -2.14. The highest BCUT2D eigenvalue weighted by atomic mass is 35.5. The van der Waals surface area contributed by atoms with Crippen molar-refractivity contribution in [2.24, 2.45) is 0 Å². The van der Waals surface area contributed by atoms with E-state index in [1.54, 1.807) is 23.6 Å². The van der Waals surface area contributed by atoms with E-state index in [0.717, 1.165) is 22.2 Å². The number of thiophene rings is 1. The van der Waals surface area contributed by atoms with Gasteiger partial charge in [0.2, 0.25) is 0 Å². The summed E-state index contributed by atoms with van der Waals surface area (Å²) in [6.07, 6.45) is 1.70. The molecule has 0 fully saturated rings. The number of nitrogens with zero attached hydrogens (tertiary/aromatic N) is 3. The molecule has 0 aliphatic rings. The number of rotatable bonds is 4. The van der Waals surface area contributed by atoms with Crippen LogP contribution in [0.4, 0.5) is 5.69 Å². The zero-order chi connectivity index (χ0) is 19.8. The van der Waals surface area contributed by atoms with Crippen LogP contribution in [0.3, 0.4) is 0 Å². The monoisotopic (exact) mass is 410 g/mol. The van der Waals surface area contributed by atoms with Gasteiger partial charge in [0.15, 0.2) is 5.65 Å². The molecule has 0 radical (unpaired) electrons. The second kappa shape index (κ2) is 7.37. The molecule has 3 aromatic heterocycles. The van der Waals surface area contributed by atoms with Crippen LogP contribution in [-0.4, -0.2) is 20.7 Å². The minimum Gasteiger partial charge on any atom is -0.320 e. The summed E-state index contributed by atoms with van der Waals surface area (Å²) < 4.78 is 1.83. The fourth-order valence-corrected chi connectivity index (χ4v) is 4.34. The van der Waals surface area contributed by atoms with E-state index >= 15 is 0 Å². The Kier molecular flexibility index (Phi) is 4.91. The summed E-state index contributed by atoms with van der Waals surface area (Å²) in [5.41, 5.74) is 4.61. The van der Waals surface area contributed by atoms with Crippen LogP contribution in [0, 0.1) is 20.8 Å². The van der Waals surface area contributed by atoms with Gasteiger partial charge in [-0.1, -0.05) is 23.7 Å². The first-order chi connectivity index (χ1) is 13.4. The maximum Gasteiger partial charge on any atom is 0.256 e. The van der Waals surface area contributed by atoms with E-state index in [9.17, 15) is 4.79 Å². The molecule has 1 amide bonds. The maximum absolute atomic E-state index is 13.1. The Morgan fingerprint density at radius 3 is 2.79 bits per heavy atom. The highest BCUT2D eigenvalue weighted by Crippen LogP contribution is 2.29. The zero-order valence-electron chi connectivity index (χ0n) is 15.8. The fraction of sp³-hybridized carbons (Fsp3) is 0.190. The molecule has 0 saturated heterocycles. The van der Waals surface area contributed by atoms with Gasteiger partial charge in [-0.05, 0) is 55.5 Å². The molecule has 0 aliphatic carbocycles. The van der Waals surface area contributed by atoms with Crippen molar-refractivity contribution < 1.29 is 4.79 Å². The Morgan fingerprint density at radius 2 is 2.07 bits per heavy atom.